The number of aryl methyl sites for hydroxylation is 2. The van der Waals surface area contributed by atoms with Crippen LogP contribution in [0.4, 0.5) is 16.2 Å². The van der Waals surface area contributed by atoms with E-state index in [0.717, 1.165) is 0 Å². The van der Waals surface area contributed by atoms with Gasteiger partial charge in [-0.05, 0) is 37.6 Å². The SMILES string of the molecule is CCCn1nc(C)cc1S(=O)(=O)N1CC(CNC(C)=O)Oc2ccc(NC(=O)O)cc21. The Morgan fingerprint density at radius 3 is 2.71 bits per heavy atom. The molecule has 1 aromatic heterocycles. The first-order chi connectivity index (χ1) is 14.6. The molecule has 2 amide bonds. The van der Waals surface area contributed by atoms with Crippen LogP contribution in [0.25, 0.3) is 0 Å². The molecular formula is C19H25N5O6S. The van der Waals surface area contributed by atoms with E-state index in [0.29, 0.717) is 18.7 Å². The zero-order valence-corrected chi connectivity index (χ0v) is 18.3. The molecule has 0 aliphatic carbocycles. The molecule has 0 saturated carbocycles. The number of fused-ring (bicyclic) bond motifs is 1. The maximum atomic E-state index is 13.7. The van der Waals surface area contributed by atoms with Crippen LogP contribution in [0.2, 0.25) is 0 Å². The highest BCUT2D eigenvalue weighted by Crippen LogP contribution is 2.39. The molecule has 0 fully saturated rings. The maximum absolute atomic E-state index is 13.7. The molecule has 1 aromatic carbocycles. The summed E-state index contributed by atoms with van der Waals surface area (Å²) >= 11 is 0. The summed E-state index contributed by atoms with van der Waals surface area (Å²) in [5.41, 5.74) is 0.970. The predicted octanol–water partition coefficient (Wildman–Crippen LogP) is 1.78. The molecule has 1 atom stereocenters. The number of sulfonamides is 1. The van der Waals surface area contributed by atoms with E-state index >= 15 is 0 Å². The lowest BCUT2D eigenvalue weighted by Gasteiger charge is -2.35. The number of hydrogen-bond acceptors (Lipinski definition) is 6. The van der Waals surface area contributed by atoms with E-state index in [1.165, 1.54) is 40.2 Å². The summed E-state index contributed by atoms with van der Waals surface area (Å²) < 4.78 is 35.8. The van der Waals surface area contributed by atoms with Crippen LogP contribution in [-0.4, -0.2) is 54.5 Å². The largest absolute Gasteiger partial charge is 0.484 e. The lowest BCUT2D eigenvalue weighted by atomic mass is 10.2. The van der Waals surface area contributed by atoms with Gasteiger partial charge in [-0.1, -0.05) is 6.92 Å². The Balaban J connectivity index is 2.07. The number of benzene rings is 1. The van der Waals surface area contributed by atoms with Gasteiger partial charge in [0.25, 0.3) is 10.0 Å². The number of hydrogen-bond donors (Lipinski definition) is 3. The molecule has 3 N–H and O–H groups in total. The Kier molecular flexibility index (Phi) is 6.39. The van der Waals surface area contributed by atoms with E-state index in [1.54, 1.807) is 6.92 Å². The fourth-order valence-corrected chi connectivity index (χ4v) is 5.03. The zero-order valence-electron chi connectivity index (χ0n) is 17.5. The Morgan fingerprint density at radius 2 is 2.06 bits per heavy atom. The quantitative estimate of drug-likeness (QED) is 0.582. The minimum absolute atomic E-state index is 0.0366. The fourth-order valence-electron chi connectivity index (χ4n) is 3.32. The Labute approximate surface area is 180 Å². The summed E-state index contributed by atoms with van der Waals surface area (Å²) in [6.45, 7) is 5.47. The molecule has 0 spiro atoms. The van der Waals surface area contributed by atoms with Gasteiger partial charge < -0.3 is 15.2 Å². The van der Waals surface area contributed by atoms with Crippen molar-refractivity contribution < 1.29 is 27.9 Å². The van der Waals surface area contributed by atoms with E-state index in [2.05, 4.69) is 15.7 Å². The first kappa shape index (κ1) is 22.4. The van der Waals surface area contributed by atoms with Gasteiger partial charge in [0.05, 0.1) is 24.5 Å². The summed E-state index contributed by atoms with van der Waals surface area (Å²) in [5, 5.41) is 18.2. The van der Waals surface area contributed by atoms with Gasteiger partial charge in [-0.3, -0.25) is 19.1 Å². The van der Waals surface area contributed by atoms with Crippen molar-refractivity contribution in [3.8, 4) is 5.75 Å². The van der Waals surface area contributed by atoms with Crippen LogP contribution in [0.15, 0.2) is 29.3 Å². The normalized spacial score (nSPS) is 15.7. The smallest absolute Gasteiger partial charge is 0.409 e. The highest BCUT2D eigenvalue weighted by Gasteiger charge is 2.37. The van der Waals surface area contributed by atoms with Gasteiger partial charge in [0.2, 0.25) is 5.91 Å². The first-order valence-corrected chi connectivity index (χ1v) is 11.2. The topological polar surface area (TPSA) is 143 Å². The van der Waals surface area contributed by atoms with Gasteiger partial charge in [0, 0.05) is 19.2 Å². The molecule has 1 aliphatic rings. The van der Waals surface area contributed by atoms with E-state index < -0.39 is 22.2 Å². The average molecular weight is 452 g/mol. The number of carboxylic acid groups (broad SMARTS) is 1. The van der Waals surface area contributed by atoms with Gasteiger partial charge in [-0.2, -0.15) is 13.5 Å². The zero-order chi connectivity index (χ0) is 22.8. The number of nitrogens with one attached hydrogen (secondary N) is 2. The second-order valence-corrected chi connectivity index (χ2v) is 8.98. The van der Waals surface area contributed by atoms with Crippen molar-refractivity contribution >= 4 is 33.4 Å². The molecule has 1 aliphatic heterocycles. The number of carbonyl (C=O) groups is 2. The number of rotatable bonds is 7. The molecule has 2 heterocycles. The maximum Gasteiger partial charge on any atom is 0.409 e. The Hall–Kier alpha value is -3.28. The Morgan fingerprint density at radius 1 is 1.32 bits per heavy atom. The molecule has 0 radical (unpaired) electrons. The number of anilines is 2. The van der Waals surface area contributed by atoms with E-state index in [9.17, 15) is 18.0 Å². The van der Waals surface area contributed by atoms with Crippen LogP contribution in [0, 0.1) is 6.92 Å². The van der Waals surface area contributed by atoms with E-state index in [4.69, 9.17) is 9.84 Å². The van der Waals surface area contributed by atoms with Crippen LogP contribution in [0.5, 0.6) is 5.75 Å². The molecule has 0 bridgehead atoms. The van der Waals surface area contributed by atoms with Gasteiger partial charge in [-0.25, -0.2) is 4.79 Å². The second-order valence-electron chi connectivity index (χ2n) is 7.17. The third kappa shape index (κ3) is 4.90. The number of ether oxygens (including phenoxy) is 1. The highest BCUT2D eigenvalue weighted by atomic mass is 32.2. The Bertz CT molecular complexity index is 1100. The van der Waals surface area contributed by atoms with E-state index in [1.807, 2.05) is 6.92 Å². The predicted molar refractivity (Wildman–Crippen MR) is 113 cm³/mol. The van der Waals surface area contributed by atoms with E-state index in [-0.39, 0.29) is 41.1 Å². The summed E-state index contributed by atoms with van der Waals surface area (Å²) in [7, 11) is -4.06. The van der Waals surface area contributed by atoms with Gasteiger partial charge in [-0.15, -0.1) is 0 Å². The van der Waals surface area contributed by atoms with Crippen molar-refractivity contribution in [2.75, 3.05) is 22.7 Å². The molecule has 12 heteroatoms. The summed E-state index contributed by atoms with van der Waals surface area (Å²) in [6.07, 6.45) is -1.21. The van der Waals surface area contributed by atoms with Crippen molar-refractivity contribution in [1.29, 1.82) is 0 Å². The third-order valence-electron chi connectivity index (χ3n) is 4.58. The molecule has 2 aromatic rings. The van der Waals surface area contributed by atoms with Crippen molar-refractivity contribution in [3.05, 3.63) is 30.0 Å². The second kappa shape index (κ2) is 8.84. The first-order valence-electron chi connectivity index (χ1n) is 9.74. The third-order valence-corrected chi connectivity index (χ3v) is 6.36. The van der Waals surface area contributed by atoms with Crippen LogP contribution < -0.4 is 19.7 Å². The summed E-state index contributed by atoms with van der Waals surface area (Å²) in [5.74, 6) is 0.000789. The minimum atomic E-state index is -4.06. The summed E-state index contributed by atoms with van der Waals surface area (Å²) in [4.78, 5) is 22.4. The lowest BCUT2D eigenvalue weighted by molar-refractivity contribution is -0.119. The van der Waals surface area contributed by atoms with Crippen LogP contribution in [0.3, 0.4) is 0 Å². The minimum Gasteiger partial charge on any atom is -0.484 e. The van der Waals surface area contributed by atoms with Crippen LogP contribution in [-0.2, 0) is 21.4 Å². The molecule has 168 valence electrons. The van der Waals surface area contributed by atoms with Crippen molar-refractivity contribution in [3.63, 3.8) is 0 Å². The standard InChI is InChI=1S/C19H25N5O6S/c1-4-7-23-18(8-12(2)22-23)31(28,29)24-11-15(10-20-13(3)25)30-17-6-5-14(9-16(17)24)21-19(26)27/h5-6,8-9,15,21H,4,7,10-11H2,1-3H3,(H,20,25)(H,26,27). The number of nitrogens with zero attached hydrogens (tertiary/aromatic N) is 3. The average Bonchev–Trinajstić information content (AvgIpc) is 3.06. The lowest BCUT2D eigenvalue weighted by Crippen LogP contribution is -2.48. The molecule has 31 heavy (non-hydrogen) atoms. The van der Waals surface area contributed by atoms with Crippen molar-refractivity contribution in [2.24, 2.45) is 0 Å². The fraction of sp³-hybridized carbons (Fsp3) is 0.421. The molecule has 0 saturated heterocycles. The molecular weight excluding hydrogens is 426 g/mol. The molecule has 1 unspecified atom stereocenters. The number of aromatic nitrogens is 2. The van der Waals surface area contributed by atoms with Crippen LogP contribution in [0.1, 0.15) is 26.0 Å². The van der Waals surface area contributed by atoms with Crippen molar-refractivity contribution in [1.82, 2.24) is 15.1 Å². The van der Waals surface area contributed by atoms with Gasteiger partial charge >= 0.3 is 6.09 Å². The monoisotopic (exact) mass is 451 g/mol. The van der Waals surface area contributed by atoms with Gasteiger partial charge in [0.15, 0.2) is 5.03 Å². The highest BCUT2D eigenvalue weighted by molar-refractivity contribution is 7.92. The van der Waals surface area contributed by atoms with Crippen LogP contribution >= 0.6 is 0 Å². The van der Waals surface area contributed by atoms with Gasteiger partial charge in [0.1, 0.15) is 11.9 Å². The molecule has 3 rings (SSSR count). The number of carbonyl (C=O) groups excluding carboxylic acids is 1. The molecule has 11 nitrogen and oxygen atoms in total. The summed E-state index contributed by atoms with van der Waals surface area (Å²) in [6, 6.07) is 5.88. The van der Waals surface area contributed by atoms with Crippen molar-refractivity contribution in [2.45, 2.75) is 44.9 Å². The number of amides is 2.